The van der Waals surface area contributed by atoms with Crippen molar-refractivity contribution >= 4 is 23.3 Å². The van der Waals surface area contributed by atoms with Gasteiger partial charge in [-0.15, -0.1) is 0 Å². The summed E-state index contributed by atoms with van der Waals surface area (Å²) in [6, 6.07) is 8.06. The second-order valence-corrected chi connectivity index (χ2v) is 8.90. The molecule has 7 heteroatoms. The van der Waals surface area contributed by atoms with Crippen LogP contribution in [0.4, 0.5) is 5.69 Å². The van der Waals surface area contributed by atoms with Crippen molar-refractivity contribution < 1.29 is 23.8 Å². The minimum atomic E-state index is -1.11. The van der Waals surface area contributed by atoms with Crippen LogP contribution in [-0.4, -0.2) is 62.2 Å². The lowest BCUT2D eigenvalue weighted by molar-refractivity contribution is -0.187. The van der Waals surface area contributed by atoms with E-state index in [-0.39, 0.29) is 30.8 Å². The van der Waals surface area contributed by atoms with Crippen LogP contribution in [0, 0.1) is 11.3 Å². The van der Waals surface area contributed by atoms with Crippen LogP contribution in [0.5, 0.6) is 0 Å². The van der Waals surface area contributed by atoms with Crippen molar-refractivity contribution in [2.24, 2.45) is 16.3 Å². The average molecular weight is 424 g/mol. The molecule has 3 aliphatic heterocycles. The Morgan fingerprint density at radius 3 is 2.74 bits per heavy atom. The van der Waals surface area contributed by atoms with Gasteiger partial charge in [0.05, 0.1) is 24.3 Å². The van der Waals surface area contributed by atoms with Gasteiger partial charge in [0.1, 0.15) is 18.2 Å². The Hall–Kier alpha value is -2.51. The Labute approximate surface area is 182 Å². The summed E-state index contributed by atoms with van der Waals surface area (Å²) in [5.74, 6) is -0.884. The summed E-state index contributed by atoms with van der Waals surface area (Å²) < 4.78 is 17.1. The molecule has 5 atom stereocenters. The Bertz CT molecular complexity index is 1020. The number of fused-ring (bicyclic) bond motifs is 2. The van der Waals surface area contributed by atoms with Crippen LogP contribution in [0.2, 0.25) is 0 Å². The van der Waals surface area contributed by atoms with Crippen molar-refractivity contribution in [2.45, 2.75) is 44.4 Å². The van der Waals surface area contributed by atoms with E-state index in [1.807, 2.05) is 25.1 Å². The first-order valence-electron chi connectivity index (χ1n) is 10.8. The topological polar surface area (TPSA) is 77.4 Å². The highest BCUT2D eigenvalue weighted by molar-refractivity contribution is 6.11. The van der Waals surface area contributed by atoms with Crippen molar-refractivity contribution in [1.82, 2.24) is 4.90 Å². The minimum absolute atomic E-state index is 0.0481. The summed E-state index contributed by atoms with van der Waals surface area (Å²) in [5, 5.41) is 0. The standard InChI is InChI=1S/C24H28N2O5/c1-5-15-12-26-19-10-17(15)24(22(28)30-4,13-31-14(2)27)23(11-20(26)29-3)16-8-6-7-9-18(16)25-21(19)23/h5-9,17,19-20H,10-13H2,1-4H3/b15-5-/t17-,19?,20+,23-,24+/m1/s1. The molecule has 0 aromatic heterocycles. The maximum absolute atomic E-state index is 13.8. The van der Waals surface area contributed by atoms with Gasteiger partial charge in [-0.3, -0.25) is 19.5 Å². The number of allylic oxidation sites excluding steroid dienone is 1. The van der Waals surface area contributed by atoms with Gasteiger partial charge in [-0.25, -0.2) is 0 Å². The van der Waals surface area contributed by atoms with E-state index in [4.69, 9.17) is 19.2 Å². The number of rotatable bonds is 4. The molecule has 3 bridgehead atoms. The van der Waals surface area contributed by atoms with E-state index in [1.54, 1.807) is 7.11 Å². The number of piperidine rings is 2. The normalized spacial score (nSPS) is 36.6. The quantitative estimate of drug-likeness (QED) is 0.546. The fourth-order valence-electron chi connectivity index (χ4n) is 6.73. The summed E-state index contributed by atoms with van der Waals surface area (Å²) in [6.07, 6.45) is 3.17. The lowest BCUT2D eigenvalue weighted by Crippen LogP contribution is -2.77. The third kappa shape index (κ3) is 2.39. The number of para-hydroxylation sites is 1. The van der Waals surface area contributed by atoms with Crippen molar-refractivity contribution in [1.29, 1.82) is 0 Å². The van der Waals surface area contributed by atoms with Gasteiger partial charge < -0.3 is 14.2 Å². The van der Waals surface area contributed by atoms with E-state index in [0.717, 1.165) is 22.5 Å². The Morgan fingerprint density at radius 1 is 1.29 bits per heavy atom. The van der Waals surface area contributed by atoms with Gasteiger partial charge in [0.15, 0.2) is 0 Å². The smallest absolute Gasteiger partial charge is 0.317 e. The molecule has 1 saturated carbocycles. The number of carbonyl (C=O) groups is 2. The molecule has 5 rings (SSSR count). The van der Waals surface area contributed by atoms with Crippen LogP contribution in [0.1, 0.15) is 32.3 Å². The highest BCUT2D eigenvalue weighted by Gasteiger charge is 2.75. The third-order valence-corrected chi connectivity index (χ3v) is 7.93. The Morgan fingerprint density at radius 2 is 2.06 bits per heavy atom. The molecule has 0 radical (unpaired) electrons. The van der Waals surface area contributed by atoms with Gasteiger partial charge in [0.2, 0.25) is 0 Å². The molecule has 1 unspecified atom stereocenters. The molecule has 2 saturated heterocycles. The first-order valence-corrected chi connectivity index (χ1v) is 10.8. The molecule has 7 nitrogen and oxygen atoms in total. The van der Waals surface area contributed by atoms with E-state index in [1.165, 1.54) is 14.0 Å². The average Bonchev–Trinajstić information content (AvgIpc) is 3.13. The summed E-state index contributed by atoms with van der Waals surface area (Å²) in [6.45, 7) is 4.02. The minimum Gasteiger partial charge on any atom is -0.468 e. The lowest BCUT2D eigenvalue weighted by atomic mass is 9.43. The second-order valence-electron chi connectivity index (χ2n) is 8.90. The predicted molar refractivity (Wildman–Crippen MR) is 114 cm³/mol. The molecule has 0 amide bonds. The third-order valence-electron chi connectivity index (χ3n) is 7.93. The van der Waals surface area contributed by atoms with E-state index < -0.39 is 16.8 Å². The number of aliphatic imine (C=N–C) groups is 1. The van der Waals surface area contributed by atoms with E-state index in [2.05, 4.69) is 17.0 Å². The molecular weight excluding hydrogens is 396 g/mol. The van der Waals surface area contributed by atoms with Crippen LogP contribution >= 0.6 is 0 Å². The Kier molecular flexibility index (Phi) is 4.61. The van der Waals surface area contributed by atoms with E-state index in [9.17, 15) is 9.59 Å². The number of hydrogen-bond donors (Lipinski definition) is 0. The molecular formula is C24H28N2O5. The summed E-state index contributed by atoms with van der Waals surface area (Å²) >= 11 is 0. The Balaban J connectivity index is 1.86. The van der Waals surface area contributed by atoms with Crippen LogP contribution in [-0.2, 0) is 29.2 Å². The molecule has 164 valence electrons. The second kappa shape index (κ2) is 7.00. The van der Waals surface area contributed by atoms with Gasteiger partial charge in [0, 0.05) is 38.6 Å². The van der Waals surface area contributed by atoms with Gasteiger partial charge in [-0.05, 0) is 25.0 Å². The molecule has 0 N–H and O–H groups in total. The lowest BCUT2D eigenvalue weighted by Gasteiger charge is -2.65. The number of esters is 2. The number of benzene rings is 1. The molecule has 3 heterocycles. The number of methoxy groups -OCH3 is 2. The number of nitrogens with zero attached hydrogens (tertiary/aromatic N) is 2. The maximum Gasteiger partial charge on any atom is 0.317 e. The van der Waals surface area contributed by atoms with E-state index >= 15 is 0 Å². The van der Waals surface area contributed by atoms with Gasteiger partial charge in [-0.1, -0.05) is 29.8 Å². The van der Waals surface area contributed by atoms with Crippen molar-refractivity contribution in [3.63, 3.8) is 0 Å². The van der Waals surface area contributed by atoms with Crippen LogP contribution in [0.15, 0.2) is 40.9 Å². The monoisotopic (exact) mass is 424 g/mol. The zero-order valence-electron chi connectivity index (χ0n) is 18.4. The van der Waals surface area contributed by atoms with Crippen molar-refractivity contribution in [3.8, 4) is 0 Å². The summed E-state index contributed by atoms with van der Waals surface area (Å²) in [7, 11) is 3.13. The van der Waals surface area contributed by atoms with Crippen molar-refractivity contribution in [2.75, 3.05) is 27.4 Å². The zero-order chi connectivity index (χ0) is 22.0. The molecule has 31 heavy (non-hydrogen) atoms. The van der Waals surface area contributed by atoms with Gasteiger partial charge >= 0.3 is 11.9 Å². The fourth-order valence-corrected chi connectivity index (χ4v) is 6.73. The van der Waals surface area contributed by atoms with Crippen LogP contribution in [0.25, 0.3) is 0 Å². The zero-order valence-corrected chi connectivity index (χ0v) is 18.4. The molecule has 3 fully saturated rings. The van der Waals surface area contributed by atoms with Gasteiger partial charge in [0.25, 0.3) is 0 Å². The van der Waals surface area contributed by atoms with E-state index in [0.29, 0.717) is 19.4 Å². The van der Waals surface area contributed by atoms with Gasteiger partial charge in [-0.2, -0.15) is 0 Å². The van der Waals surface area contributed by atoms with Crippen LogP contribution in [0.3, 0.4) is 0 Å². The fraction of sp³-hybridized carbons (Fsp3) is 0.542. The molecule has 1 aromatic carbocycles. The first kappa shape index (κ1) is 20.4. The number of ether oxygens (including phenoxy) is 3. The summed E-state index contributed by atoms with van der Waals surface area (Å²) in [5.41, 5.74) is 2.13. The molecule has 1 aliphatic carbocycles. The molecule has 0 spiro atoms. The molecule has 4 aliphatic rings. The highest BCUT2D eigenvalue weighted by Crippen LogP contribution is 2.67. The largest absolute Gasteiger partial charge is 0.468 e. The molecule has 1 aromatic rings. The summed E-state index contributed by atoms with van der Waals surface area (Å²) in [4.78, 5) is 33.3. The highest BCUT2D eigenvalue weighted by atomic mass is 16.5. The van der Waals surface area contributed by atoms with Crippen LogP contribution < -0.4 is 0 Å². The first-order chi connectivity index (χ1) is 14.9. The SMILES string of the molecule is C/C=C1/CN2C3C[C@H]1[C@@](COC(C)=O)(C(=O)OC)[C@@]1(C[C@@H]2OC)C3=Nc2ccccc21. The van der Waals surface area contributed by atoms with Crippen molar-refractivity contribution in [3.05, 3.63) is 41.5 Å². The maximum atomic E-state index is 13.8. The number of carbonyl (C=O) groups excluding carboxylic acids is 2. The number of hydrogen-bond acceptors (Lipinski definition) is 7. The predicted octanol–water partition coefficient (Wildman–Crippen LogP) is 2.76.